The van der Waals surface area contributed by atoms with Gasteiger partial charge in [-0.3, -0.25) is 4.79 Å². The number of benzene rings is 2. The quantitative estimate of drug-likeness (QED) is 0.750. The molecule has 2 aliphatic rings. The Labute approximate surface area is 170 Å². The Balaban J connectivity index is 1.40. The van der Waals surface area contributed by atoms with Crippen LogP contribution in [-0.4, -0.2) is 30.4 Å². The first-order chi connectivity index (χ1) is 13.5. The van der Waals surface area contributed by atoms with Crippen molar-refractivity contribution in [2.45, 2.75) is 44.4 Å². The first-order valence-electron chi connectivity index (χ1n) is 10.1. The van der Waals surface area contributed by atoms with Crippen LogP contribution in [0.15, 0.2) is 36.4 Å². The van der Waals surface area contributed by atoms with Crippen LogP contribution in [0.25, 0.3) is 0 Å². The zero-order valence-corrected chi connectivity index (χ0v) is 16.9. The van der Waals surface area contributed by atoms with Crippen molar-refractivity contribution >= 4 is 23.2 Å². The highest BCUT2D eigenvalue weighted by Gasteiger charge is 2.30. The number of hydrogen-bond acceptors (Lipinski definition) is 2. The minimum atomic E-state index is -0.170. The minimum absolute atomic E-state index is 0.0979. The lowest BCUT2D eigenvalue weighted by Crippen LogP contribution is -2.35. The van der Waals surface area contributed by atoms with Crippen molar-refractivity contribution in [2.75, 3.05) is 25.0 Å². The van der Waals surface area contributed by atoms with Crippen molar-refractivity contribution in [3.8, 4) is 0 Å². The number of hydrogen-bond donors (Lipinski definition) is 1. The van der Waals surface area contributed by atoms with E-state index in [1.54, 1.807) is 12.1 Å². The topological polar surface area (TPSA) is 32.3 Å². The Morgan fingerprint density at radius 3 is 2.54 bits per heavy atom. The largest absolute Gasteiger partial charge is 0.325 e. The van der Waals surface area contributed by atoms with Gasteiger partial charge in [0, 0.05) is 13.5 Å². The third-order valence-corrected chi connectivity index (χ3v) is 6.57. The molecule has 1 aliphatic heterocycles. The number of nitrogens with zero attached hydrogens (tertiary/aromatic N) is 1. The van der Waals surface area contributed by atoms with E-state index in [4.69, 9.17) is 11.6 Å². The second kappa shape index (κ2) is 8.22. The average molecular weight is 401 g/mol. The number of likely N-dealkylation sites (tertiary alicyclic amines) is 1. The zero-order valence-electron chi connectivity index (χ0n) is 16.2. The van der Waals surface area contributed by atoms with Gasteiger partial charge in [0.2, 0.25) is 5.91 Å². The standard InChI is InChI=1S/C23H26ClFN2O/c1-15(28)26-21-9-6-18-2-3-19(22(18)23(21)24)14-27-12-10-17(11-13-27)16-4-7-20(25)8-5-16/h4-9,17,19H,2-3,10-14H2,1H3,(H,26,28). The lowest BCUT2D eigenvalue weighted by atomic mass is 9.88. The molecule has 1 fully saturated rings. The number of piperidine rings is 1. The van der Waals surface area contributed by atoms with Crippen molar-refractivity contribution < 1.29 is 9.18 Å². The molecule has 0 saturated carbocycles. The molecule has 1 unspecified atom stereocenters. The molecule has 148 valence electrons. The molecule has 4 rings (SSSR count). The molecule has 0 aromatic heterocycles. The number of anilines is 1. The second-order valence-corrected chi connectivity index (χ2v) is 8.42. The van der Waals surface area contributed by atoms with Crippen LogP contribution >= 0.6 is 11.6 Å². The second-order valence-electron chi connectivity index (χ2n) is 8.04. The molecular formula is C23H26ClFN2O. The highest BCUT2D eigenvalue weighted by molar-refractivity contribution is 6.34. The monoisotopic (exact) mass is 400 g/mol. The molecule has 1 aliphatic carbocycles. The van der Waals surface area contributed by atoms with Gasteiger partial charge in [-0.1, -0.05) is 29.8 Å². The van der Waals surface area contributed by atoms with Gasteiger partial charge in [0.1, 0.15) is 5.82 Å². The van der Waals surface area contributed by atoms with Gasteiger partial charge in [-0.2, -0.15) is 0 Å². The smallest absolute Gasteiger partial charge is 0.221 e. The van der Waals surface area contributed by atoms with Crippen LogP contribution in [0.3, 0.4) is 0 Å². The average Bonchev–Trinajstić information content (AvgIpc) is 3.09. The molecule has 5 heteroatoms. The lowest BCUT2D eigenvalue weighted by molar-refractivity contribution is -0.114. The number of aryl methyl sites for hydroxylation is 1. The summed E-state index contributed by atoms with van der Waals surface area (Å²) in [6.07, 6.45) is 4.36. The van der Waals surface area contributed by atoms with E-state index in [9.17, 15) is 9.18 Å². The van der Waals surface area contributed by atoms with E-state index < -0.39 is 0 Å². The van der Waals surface area contributed by atoms with Crippen LogP contribution in [0.5, 0.6) is 0 Å². The number of amides is 1. The number of carbonyl (C=O) groups excluding carboxylic acids is 1. The van der Waals surface area contributed by atoms with Gasteiger partial charge in [0.25, 0.3) is 0 Å². The maximum absolute atomic E-state index is 13.2. The third kappa shape index (κ3) is 4.08. The van der Waals surface area contributed by atoms with Crippen molar-refractivity contribution in [1.29, 1.82) is 0 Å². The van der Waals surface area contributed by atoms with E-state index in [1.165, 1.54) is 23.6 Å². The van der Waals surface area contributed by atoms with Gasteiger partial charge < -0.3 is 10.2 Å². The summed E-state index contributed by atoms with van der Waals surface area (Å²) in [6, 6.07) is 11.0. The first-order valence-corrected chi connectivity index (χ1v) is 10.5. The van der Waals surface area contributed by atoms with Crippen molar-refractivity contribution in [1.82, 2.24) is 4.90 Å². The van der Waals surface area contributed by atoms with E-state index in [2.05, 4.69) is 16.3 Å². The van der Waals surface area contributed by atoms with Gasteiger partial charge in [0.15, 0.2) is 0 Å². The summed E-state index contributed by atoms with van der Waals surface area (Å²) in [5.74, 6) is 0.664. The summed E-state index contributed by atoms with van der Waals surface area (Å²) in [5.41, 5.74) is 4.49. The SMILES string of the molecule is CC(=O)Nc1ccc2c(c1Cl)C(CN1CCC(c3ccc(F)cc3)CC1)CC2. The van der Waals surface area contributed by atoms with E-state index in [0.29, 0.717) is 16.9 Å². The van der Waals surface area contributed by atoms with E-state index in [0.717, 1.165) is 51.0 Å². The van der Waals surface area contributed by atoms with Gasteiger partial charge in [0.05, 0.1) is 10.7 Å². The number of fused-ring (bicyclic) bond motifs is 1. The van der Waals surface area contributed by atoms with Crippen molar-refractivity contribution in [2.24, 2.45) is 0 Å². The predicted molar refractivity (Wildman–Crippen MR) is 112 cm³/mol. The molecule has 0 spiro atoms. The maximum Gasteiger partial charge on any atom is 0.221 e. The molecular weight excluding hydrogens is 375 g/mol. The van der Waals surface area contributed by atoms with Crippen LogP contribution in [-0.2, 0) is 11.2 Å². The molecule has 2 aromatic carbocycles. The van der Waals surface area contributed by atoms with E-state index in [1.807, 2.05) is 18.2 Å². The first kappa shape index (κ1) is 19.4. The highest BCUT2D eigenvalue weighted by Crippen LogP contribution is 2.42. The van der Waals surface area contributed by atoms with Crippen LogP contribution in [0.4, 0.5) is 10.1 Å². The fourth-order valence-corrected chi connectivity index (χ4v) is 5.12. The van der Waals surface area contributed by atoms with Gasteiger partial charge in [-0.25, -0.2) is 4.39 Å². The van der Waals surface area contributed by atoms with E-state index >= 15 is 0 Å². The predicted octanol–water partition coefficient (Wildman–Crippen LogP) is 5.35. The van der Waals surface area contributed by atoms with Gasteiger partial charge in [-0.05, 0) is 85.5 Å². The van der Waals surface area contributed by atoms with Crippen molar-refractivity contribution in [3.63, 3.8) is 0 Å². The van der Waals surface area contributed by atoms with E-state index in [-0.39, 0.29) is 11.7 Å². The summed E-state index contributed by atoms with van der Waals surface area (Å²) in [5, 5.41) is 3.55. The molecule has 1 heterocycles. The summed E-state index contributed by atoms with van der Waals surface area (Å²) in [4.78, 5) is 14.0. The molecule has 3 nitrogen and oxygen atoms in total. The summed E-state index contributed by atoms with van der Waals surface area (Å²) < 4.78 is 13.2. The Morgan fingerprint density at radius 1 is 1.14 bits per heavy atom. The molecule has 0 bridgehead atoms. The van der Waals surface area contributed by atoms with Crippen LogP contribution in [0.1, 0.15) is 54.7 Å². The molecule has 0 radical (unpaired) electrons. The Bertz CT molecular complexity index is 860. The lowest BCUT2D eigenvalue weighted by Gasteiger charge is -2.34. The Morgan fingerprint density at radius 2 is 1.86 bits per heavy atom. The highest BCUT2D eigenvalue weighted by atomic mass is 35.5. The van der Waals surface area contributed by atoms with Crippen LogP contribution < -0.4 is 5.32 Å². The molecule has 1 N–H and O–H groups in total. The van der Waals surface area contributed by atoms with Crippen LogP contribution in [0, 0.1) is 5.82 Å². The Hall–Kier alpha value is -1.91. The molecule has 2 aromatic rings. The number of nitrogens with one attached hydrogen (secondary N) is 1. The van der Waals surface area contributed by atoms with Crippen LogP contribution in [0.2, 0.25) is 5.02 Å². The third-order valence-electron chi connectivity index (χ3n) is 6.16. The Kier molecular flexibility index (Phi) is 5.70. The minimum Gasteiger partial charge on any atom is -0.325 e. The zero-order chi connectivity index (χ0) is 19.7. The number of carbonyl (C=O) groups is 1. The molecule has 1 amide bonds. The van der Waals surface area contributed by atoms with Crippen molar-refractivity contribution in [3.05, 3.63) is 63.9 Å². The summed E-state index contributed by atoms with van der Waals surface area (Å²) >= 11 is 6.66. The fraction of sp³-hybridized carbons (Fsp3) is 0.435. The van der Waals surface area contributed by atoms with Gasteiger partial charge in [-0.15, -0.1) is 0 Å². The summed E-state index contributed by atoms with van der Waals surface area (Å²) in [7, 11) is 0. The molecule has 1 saturated heterocycles. The van der Waals surface area contributed by atoms with Gasteiger partial charge >= 0.3 is 0 Å². The fourth-order valence-electron chi connectivity index (χ4n) is 4.73. The summed E-state index contributed by atoms with van der Waals surface area (Å²) in [6.45, 7) is 4.62. The normalized spacial score (nSPS) is 20.2. The molecule has 1 atom stereocenters. The number of halogens is 2. The number of rotatable bonds is 4. The maximum atomic E-state index is 13.2. The molecule has 28 heavy (non-hydrogen) atoms.